The molecule has 3 heteroatoms. The monoisotopic (exact) mass is 220 g/mol. The molecule has 0 aliphatic carbocycles. The van der Waals surface area contributed by atoms with Crippen LogP contribution in [0.25, 0.3) is 0 Å². The van der Waals surface area contributed by atoms with Gasteiger partial charge in [0.15, 0.2) is 6.10 Å². The fraction of sp³-hybridized carbons (Fsp3) is 0.308. The minimum absolute atomic E-state index is 0.381. The van der Waals surface area contributed by atoms with Crippen molar-refractivity contribution in [3.05, 3.63) is 42.5 Å². The first kappa shape index (κ1) is 12.3. The second-order valence-corrected chi connectivity index (χ2v) is 3.38. The van der Waals surface area contributed by atoms with Crippen molar-refractivity contribution >= 4 is 5.97 Å². The molecule has 1 aromatic rings. The van der Waals surface area contributed by atoms with E-state index in [9.17, 15) is 4.79 Å². The summed E-state index contributed by atoms with van der Waals surface area (Å²) in [5.74, 6) is 0.314. The van der Waals surface area contributed by atoms with Crippen LogP contribution < -0.4 is 4.74 Å². The summed E-state index contributed by atoms with van der Waals surface area (Å²) >= 11 is 0. The van der Waals surface area contributed by atoms with Gasteiger partial charge < -0.3 is 9.47 Å². The van der Waals surface area contributed by atoms with E-state index in [1.54, 1.807) is 13.0 Å². The van der Waals surface area contributed by atoms with Crippen LogP contribution in [0.2, 0.25) is 0 Å². The minimum atomic E-state index is -0.601. The van der Waals surface area contributed by atoms with Crippen LogP contribution in [0.1, 0.15) is 12.5 Å². The molecule has 0 aliphatic heterocycles. The molecule has 1 atom stereocenters. The zero-order chi connectivity index (χ0) is 12.0. The van der Waals surface area contributed by atoms with E-state index in [2.05, 4.69) is 11.3 Å². The average molecular weight is 220 g/mol. The fourth-order valence-corrected chi connectivity index (χ4v) is 1.35. The van der Waals surface area contributed by atoms with Crippen LogP contribution in [0.5, 0.6) is 5.75 Å². The maximum atomic E-state index is 11.2. The molecule has 0 aromatic heterocycles. The predicted molar refractivity (Wildman–Crippen MR) is 62.4 cm³/mol. The number of carbonyl (C=O) groups excluding carboxylic acids is 1. The number of para-hydroxylation sites is 1. The Labute approximate surface area is 95.7 Å². The third kappa shape index (κ3) is 3.12. The lowest BCUT2D eigenvalue weighted by Gasteiger charge is -2.14. The Kier molecular flexibility index (Phi) is 4.58. The number of hydrogen-bond acceptors (Lipinski definition) is 3. The van der Waals surface area contributed by atoms with Crippen LogP contribution in [-0.2, 0) is 16.0 Å². The first-order valence-corrected chi connectivity index (χ1v) is 5.12. The van der Waals surface area contributed by atoms with Gasteiger partial charge in [-0.2, -0.15) is 0 Å². The minimum Gasteiger partial charge on any atom is -0.479 e. The molecular formula is C13H16O3. The smallest absolute Gasteiger partial charge is 0.346 e. The van der Waals surface area contributed by atoms with E-state index >= 15 is 0 Å². The van der Waals surface area contributed by atoms with E-state index in [1.165, 1.54) is 7.11 Å². The molecule has 0 spiro atoms. The van der Waals surface area contributed by atoms with Gasteiger partial charge in [-0.1, -0.05) is 24.3 Å². The van der Waals surface area contributed by atoms with Crippen molar-refractivity contribution in [3.8, 4) is 5.75 Å². The third-order valence-corrected chi connectivity index (χ3v) is 2.17. The first-order chi connectivity index (χ1) is 7.69. The van der Waals surface area contributed by atoms with Crippen LogP contribution in [0, 0.1) is 0 Å². The summed E-state index contributed by atoms with van der Waals surface area (Å²) in [7, 11) is 1.35. The SMILES string of the molecule is C=CCc1ccccc1O[C@H](C)C(=O)OC. The highest BCUT2D eigenvalue weighted by molar-refractivity contribution is 5.74. The van der Waals surface area contributed by atoms with E-state index < -0.39 is 6.10 Å². The van der Waals surface area contributed by atoms with E-state index in [0.717, 1.165) is 5.56 Å². The highest BCUT2D eigenvalue weighted by Gasteiger charge is 2.15. The number of methoxy groups -OCH3 is 1. The summed E-state index contributed by atoms with van der Waals surface area (Å²) in [5.41, 5.74) is 1.01. The van der Waals surface area contributed by atoms with Crippen LogP contribution in [-0.4, -0.2) is 19.2 Å². The van der Waals surface area contributed by atoms with Crippen LogP contribution >= 0.6 is 0 Å². The maximum absolute atomic E-state index is 11.2. The van der Waals surface area contributed by atoms with Crippen molar-refractivity contribution in [1.82, 2.24) is 0 Å². The summed E-state index contributed by atoms with van der Waals surface area (Å²) in [6, 6.07) is 7.57. The Balaban J connectivity index is 2.79. The first-order valence-electron chi connectivity index (χ1n) is 5.12. The van der Waals surface area contributed by atoms with Gasteiger partial charge in [0, 0.05) is 0 Å². The molecule has 1 rings (SSSR count). The summed E-state index contributed by atoms with van der Waals surface area (Å²) < 4.78 is 10.1. The molecule has 0 amide bonds. The Morgan fingerprint density at radius 2 is 2.19 bits per heavy atom. The van der Waals surface area contributed by atoms with Gasteiger partial charge in [0.2, 0.25) is 0 Å². The van der Waals surface area contributed by atoms with Crippen molar-refractivity contribution in [3.63, 3.8) is 0 Å². The van der Waals surface area contributed by atoms with Crippen LogP contribution in [0.4, 0.5) is 0 Å². The zero-order valence-electron chi connectivity index (χ0n) is 9.60. The van der Waals surface area contributed by atoms with Gasteiger partial charge in [-0.15, -0.1) is 6.58 Å². The standard InChI is InChI=1S/C13H16O3/c1-4-7-11-8-5-6-9-12(11)16-10(2)13(14)15-3/h4-6,8-10H,1,7H2,2-3H3/t10-/m1/s1. The summed E-state index contributed by atoms with van der Waals surface area (Å²) in [6.45, 7) is 5.34. The predicted octanol–water partition coefficient (Wildman–Crippen LogP) is 2.36. The maximum Gasteiger partial charge on any atom is 0.346 e. The van der Waals surface area contributed by atoms with Crippen molar-refractivity contribution in [2.45, 2.75) is 19.4 Å². The lowest BCUT2D eigenvalue weighted by molar-refractivity contribution is -0.147. The van der Waals surface area contributed by atoms with Crippen LogP contribution in [0.15, 0.2) is 36.9 Å². The molecule has 86 valence electrons. The Morgan fingerprint density at radius 1 is 1.50 bits per heavy atom. The van der Waals surface area contributed by atoms with E-state index in [0.29, 0.717) is 12.2 Å². The highest BCUT2D eigenvalue weighted by atomic mass is 16.6. The van der Waals surface area contributed by atoms with Gasteiger partial charge in [-0.25, -0.2) is 4.79 Å². The second kappa shape index (κ2) is 5.95. The number of hydrogen-bond donors (Lipinski definition) is 0. The number of rotatable bonds is 5. The van der Waals surface area contributed by atoms with E-state index in [1.807, 2.05) is 24.3 Å². The Hall–Kier alpha value is -1.77. The number of allylic oxidation sites excluding steroid dienone is 1. The second-order valence-electron chi connectivity index (χ2n) is 3.38. The van der Waals surface area contributed by atoms with Gasteiger partial charge in [-0.05, 0) is 25.0 Å². The topological polar surface area (TPSA) is 35.5 Å². The molecule has 0 bridgehead atoms. The van der Waals surface area contributed by atoms with Gasteiger partial charge in [0.05, 0.1) is 7.11 Å². The van der Waals surface area contributed by atoms with E-state index in [4.69, 9.17) is 4.74 Å². The molecule has 0 saturated carbocycles. The van der Waals surface area contributed by atoms with Crippen molar-refractivity contribution in [1.29, 1.82) is 0 Å². The lowest BCUT2D eigenvalue weighted by atomic mass is 10.1. The van der Waals surface area contributed by atoms with Crippen molar-refractivity contribution in [2.75, 3.05) is 7.11 Å². The normalized spacial score (nSPS) is 11.6. The van der Waals surface area contributed by atoms with Gasteiger partial charge >= 0.3 is 5.97 Å². The molecule has 0 saturated heterocycles. The highest BCUT2D eigenvalue weighted by Crippen LogP contribution is 2.20. The summed E-state index contributed by atoms with van der Waals surface area (Å²) in [6.07, 6.45) is 1.91. The molecule has 16 heavy (non-hydrogen) atoms. The molecule has 0 unspecified atom stereocenters. The Morgan fingerprint density at radius 3 is 2.81 bits per heavy atom. The average Bonchev–Trinajstić information content (AvgIpc) is 2.31. The molecule has 0 aliphatic rings. The third-order valence-electron chi connectivity index (χ3n) is 2.17. The molecule has 0 radical (unpaired) electrons. The molecule has 3 nitrogen and oxygen atoms in total. The summed E-state index contributed by atoms with van der Waals surface area (Å²) in [5, 5.41) is 0. The lowest BCUT2D eigenvalue weighted by Crippen LogP contribution is -2.25. The molecule has 0 fully saturated rings. The van der Waals surface area contributed by atoms with Crippen molar-refractivity contribution in [2.24, 2.45) is 0 Å². The summed E-state index contributed by atoms with van der Waals surface area (Å²) in [4.78, 5) is 11.2. The molecule has 0 heterocycles. The zero-order valence-corrected chi connectivity index (χ0v) is 9.60. The largest absolute Gasteiger partial charge is 0.479 e. The fourth-order valence-electron chi connectivity index (χ4n) is 1.35. The van der Waals surface area contributed by atoms with Gasteiger partial charge in [-0.3, -0.25) is 0 Å². The Bertz CT molecular complexity index is 371. The molecule has 1 aromatic carbocycles. The number of carbonyl (C=O) groups is 1. The van der Waals surface area contributed by atoms with Crippen molar-refractivity contribution < 1.29 is 14.3 Å². The van der Waals surface area contributed by atoms with Gasteiger partial charge in [0.25, 0.3) is 0 Å². The number of esters is 1. The number of benzene rings is 1. The molecule has 0 N–H and O–H groups in total. The van der Waals surface area contributed by atoms with Gasteiger partial charge in [0.1, 0.15) is 5.75 Å². The number of ether oxygens (including phenoxy) is 2. The quantitative estimate of drug-likeness (QED) is 0.564. The molecular weight excluding hydrogens is 204 g/mol. The van der Waals surface area contributed by atoms with E-state index in [-0.39, 0.29) is 5.97 Å². The van der Waals surface area contributed by atoms with Crippen LogP contribution in [0.3, 0.4) is 0 Å².